The van der Waals surface area contributed by atoms with Crippen molar-refractivity contribution >= 4 is 87.1 Å². The van der Waals surface area contributed by atoms with Crippen LogP contribution in [-0.4, -0.2) is 24.1 Å². The minimum atomic E-state index is 0.564. The number of rotatable bonds is 5. The number of fused-ring (bicyclic) bond motifs is 11. The van der Waals surface area contributed by atoms with Crippen LogP contribution in [0.25, 0.3) is 133 Å². The minimum Gasteiger partial charge on any atom is -0.454 e. The van der Waals surface area contributed by atoms with E-state index in [1.54, 1.807) is 0 Å². The maximum atomic E-state index is 6.99. The van der Waals surface area contributed by atoms with Gasteiger partial charge in [-0.2, -0.15) is 0 Å². The van der Waals surface area contributed by atoms with Crippen LogP contribution in [0.1, 0.15) is 0 Å². The number of benzene rings is 10. The van der Waals surface area contributed by atoms with Crippen molar-refractivity contribution in [2.45, 2.75) is 0 Å². The summed E-state index contributed by atoms with van der Waals surface area (Å²) < 4.78 is 11.7. The van der Waals surface area contributed by atoms with Gasteiger partial charge < -0.3 is 13.6 Å². The number of aromatic nitrogens is 5. The highest BCUT2D eigenvalue weighted by Gasteiger charge is 2.25. The Morgan fingerprint density at radius 2 is 0.954 bits per heavy atom. The van der Waals surface area contributed by atoms with Crippen molar-refractivity contribution in [1.82, 2.24) is 24.1 Å². The van der Waals surface area contributed by atoms with Gasteiger partial charge in [0.25, 0.3) is 0 Å². The summed E-state index contributed by atoms with van der Waals surface area (Å²) in [5.41, 5.74) is 10.6. The van der Waals surface area contributed by atoms with Crippen LogP contribution in [0.15, 0.2) is 217 Å². The molecule has 0 spiro atoms. The van der Waals surface area contributed by atoms with Crippen LogP contribution in [0.3, 0.4) is 0 Å². The lowest BCUT2D eigenvalue weighted by molar-refractivity contribution is 0.666. The molecule has 0 bridgehead atoms. The van der Waals surface area contributed by atoms with Crippen LogP contribution in [0.2, 0.25) is 0 Å². The molecule has 10 aromatic carbocycles. The van der Waals surface area contributed by atoms with E-state index in [9.17, 15) is 0 Å². The maximum absolute atomic E-state index is 6.99. The first-order valence-electron chi connectivity index (χ1n) is 21.9. The third kappa shape index (κ3) is 5.38. The topological polar surface area (TPSA) is 61.7 Å². The molecule has 14 rings (SSSR count). The Morgan fingerprint density at radius 3 is 1.75 bits per heavy atom. The van der Waals surface area contributed by atoms with Crippen LogP contribution in [-0.2, 0) is 0 Å². The van der Waals surface area contributed by atoms with Crippen molar-refractivity contribution in [3.63, 3.8) is 0 Å². The summed E-state index contributed by atoms with van der Waals surface area (Å²) in [6, 6.07) is 74.9. The zero-order chi connectivity index (χ0) is 42.6. The second kappa shape index (κ2) is 13.8. The molecule has 0 aliphatic heterocycles. The van der Waals surface area contributed by atoms with E-state index in [-0.39, 0.29) is 0 Å². The smallest absolute Gasteiger partial charge is 0.166 e. The largest absolute Gasteiger partial charge is 0.454 e. The third-order valence-electron chi connectivity index (χ3n) is 13.1. The average molecular weight is 830 g/mol. The predicted molar refractivity (Wildman–Crippen MR) is 267 cm³/mol. The maximum Gasteiger partial charge on any atom is 0.166 e. The molecule has 0 radical (unpaired) electrons. The molecule has 0 saturated heterocycles. The predicted octanol–water partition coefficient (Wildman–Crippen LogP) is 15.3. The molecule has 0 saturated carbocycles. The highest BCUT2D eigenvalue weighted by Crippen LogP contribution is 2.44. The lowest BCUT2D eigenvalue weighted by Gasteiger charge is -2.14. The molecular weight excluding hydrogens is 795 g/mol. The Bertz CT molecular complexity index is 4250. The first-order chi connectivity index (χ1) is 32.2. The zero-order valence-corrected chi connectivity index (χ0v) is 34.9. The molecule has 302 valence electrons. The number of hydrogen-bond acceptors (Lipinski definition) is 4. The molecule has 65 heavy (non-hydrogen) atoms. The molecule has 6 nitrogen and oxygen atoms in total. The number of hydrogen-bond donors (Lipinski definition) is 0. The zero-order valence-electron chi connectivity index (χ0n) is 34.9. The highest BCUT2D eigenvalue weighted by atomic mass is 16.3. The fourth-order valence-corrected chi connectivity index (χ4v) is 10.2. The van der Waals surface area contributed by atoms with E-state index >= 15 is 0 Å². The van der Waals surface area contributed by atoms with Gasteiger partial charge in [-0.3, -0.25) is 0 Å². The van der Waals surface area contributed by atoms with Gasteiger partial charge in [-0.25, -0.2) is 15.0 Å². The van der Waals surface area contributed by atoms with E-state index in [0.29, 0.717) is 17.5 Å². The van der Waals surface area contributed by atoms with Gasteiger partial charge in [-0.05, 0) is 88.3 Å². The summed E-state index contributed by atoms with van der Waals surface area (Å²) in [6.45, 7) is 0. The lowest BCUT2D eigenvalue weighted by atomic mass is 10.0. The quantitative estimate of drug-likeness (QED) is 0.173. The highest BCUT2D eigenvalue weighted by molar-refractivity contribution is 6.18. The summed E-state index contributed by atoms with van der Waals surface area (Å²) in [5, 5.41) is 11.3. The molecule has 4 heterocycles. The van der Waals surface area contributed by atoms with Gasteiger partial charge in [0, 0.05) is 54.7 Å². The fourth-order valence-electron chi connectivity index (χ4n) is 10.2. The fraction of sp³-hybridized carbons (Fsp3) is 0. The van der Waals surface area contributed by atoms with Gasteiger partial charge in [0.05, 0.1) is 27.8 Å². The molecule has 0 atom stereocenters. The Balaban J connectivity index is 1.08. The van der Waals surface area contributed by atoms with Crippen molar-refractivity contribution in [2.24, 2.45) is 0 Å². The van der Waals surface area contributed by atoms with Gasteiger partial charge in [0.15, 0.2) is 23.1 Å². The number of para-hydroxylation sites is 5. The van der Waals surface area contributed by atoms with Gasteiger partial charge in [0.1, 0.15) is 5.58 Å². The van der Waals surface area contributed by atoms with E-state index in [4.69, 9.17) is 19.4 Å². The van der Waals surface area contributed by atoms with Gasteiger partial charge >= 0.3 is 0 Å². The van der Waals surface area contributed by atoms with E-state index < -0.39 is 0 Å². The molecule has 0 unspecified atom stereocenters. The van der Waals surface area contributed by atoms with E-state index in [0.717, 1.165) is 93.6 Å². The first-order valence-corrected chi connectivity index (χ1v) is 21.9. The van der Waals surface area contributed by atoms with Crippen molar-refractivity contribution in [2.75, 3.05) is 0 Å². The molecule has 6 heteroatoms. The number of nitrogens with zero attached hydrogens (tertiary/aromatic N) is 5. The normalized spacial score (nSPS) is 12.0. The van der Waals surface area contributed by atoms with Crippen LogP contribution in [0.4, 0.5) is 0 Å². The minimum absolute atomic E-state index is 0.564. The molecule has 4 aromatic heterocycles. The van der Waals surface area contributed by atoms with Crippen LogP contribution in [0, 0.1) is 0 Å². The van der Waals surface area contributed by atoms with Crippen LogP contribution in [0.5, 0.6) is 0 Å². The van der Waals surface area contributed by atoms with Gasteiger partial charge in [0.2, 0.25) is 0 Å². The molecule has 0 fully saturated rings. The molecule has 0 aliphatic carbocycles. The summed E-state index contributed by atoms with van der Waals surface area (Å²) in [5.74, 6) is 1.74. The standard InChI is InChI=1S/C59H35N5O/c1-2-19-41(20-3-1)63-49-26-11-8-21-42(49)44-24-14-25-47(55(44)63)59-61-57(40-30-29-36-15-4-5-16-37(36)33-40)60-58(62-59)46-31-32-51(56-54(46)45-23-10-13-28-53(45)65-56)64-50-27-12-9-22-43(50)48-34-38-17-6-7-18-39(38)35-52(48)64/h1-35H. The van der Waals surface area contributed by atoms with Crippen molar-refractivity contribution in [3.05, 3.63) is 212 Å². The Labute approximate surface area is 371 Å². The third-order valence-corrected chi connectivity index (χ3v) is 13.1. The monoisotopic (exact) mass is 829 g/mol. The van der Waals surface area contributed by atoms with Crippen molar-refractivity contribution in [3.8, 4) is 45.5 Å². The molecule has 0 amide bonds. The van der Waals surface area contributed by atoms with E-state index in [2.05, 4.69) is 209 Å². The van der Waals surface area contributed by atoms with E-state index in [1.165, 1.54) is 21.5 Å². The molecule has 0 N–H and O–H groups in total. The van der Waals surface area contributed by atoms with Gasteiger partial charge in [-0.15, -0.1) is 0 Å². The second-order valence-corrected chi connectivity index (χ2v) is 16.8. The Kier molecular flexibility index (Phi) is 7.59. The lowest BCUT2D eigenvalue weighted by Crippen LogP contribution is -2.03. The van der Waals surface area contributed by atoms with Gasteiger partial charge in [-0.1, -0.05) is 146 Å². The van der Waals surface area contributed by atoms with Crippen molar-refractivity contribution in [1.29, 1.82) is 0 Å². The second-order valence-electron chi connectivity index (χ2n) is 16.8. The van der Waals surface area contributed by atoms with Crippen LogP contribution < -0.4 is 0 Å². The summed E-state index contributed by atoms with van der Waals surface area (Å²) >= 11 is 0. The van der Waals surface area contributed by atoms with Crippen molar-refractivity contribution < 1.29 is 4.42 Å². The molecule has 14 aromatic rings. The average Bonchev–Trinajstić information content (AvgIpc) is 4.03. The summed E-state index contributed by atoms with van der Waals surface area (Å²) in [4.78, 5) is 16.3. The molecular formula is C59H35N5O. The molecule has 0 aliphatic rings. The summed E-state index contributed by atoms with van der Waals surface area (Å²) in [6.07, 6.45) is 0. The summed E-state index contributed by atoms with van der Waals surface area (Å²) in [7, 11) is 0. The van der Waals surface area contributed by atoms with Crippen LogP contribution >= 0.6 is 0 Å². The number of furan rings is 1. The Morgan fingerprint density at radius 1 is 0.354 bits per heavy atom. The SMILES string of the molecule is c1ccc(-n2c3ccccc3c3cccc(-c4nc(-c5ccc6ccccc6c5)nc(-c5ccc(-n6c7ccccc7c7cc8ccccc8cc76)c6oc7ccccc7c56)n4)c32)cc1. The Hall–Kier alpha value is -8.87. The van der Waals surface area contributed by atoms with E-state index in [1.807, 2.05) is 12.1 Å². The first kappa shape index (κ1) is 35.7.